The molecule has 4 heteroatoms. The average molecular weight is 259 g/mol. The Hall–Kier alpha value is -1.81. The maximum absolute atomic E-state index is 5.78. The van der Waals surface area contributed by atoms with Gasteiger partial charge in [0.25, 0.3) is 0 Å². The number of aromatic nitrogens is 2. The van der Waals surface area contributed by atoms with Crippen molar-refractivity contribution in [1.82, 2.24) is 9.97 Å². The summed E-state index contributed by atoms with van der Waals surface area (Å²) in [4.78, 5) is 8.06. The van der Waals surface area contributed by atoms with Gasteiger partial charge in [0.1, 0.15) is 11.6 Å². The summed E-state index contributed by atoms with van der Waals surface area (Å²) in [5.41, 5.74) is 8.79. The molecule has 1 heterocycles. The number of rotatable bonds is 5. The number of hydrogen-bond acceptors (Lipinski definition) is 3. The number of aromatic amines is 1. The van der Waals surface area contributed by atoms with Gasteiger partial charge in [-0.3, -0.25) is 0 Å². The van der Waals surface area contributed by atoms with Crippen molar-refractivity contribution < 1.29 is 4.74 Å². The van der Waals surface area contributed by atoms with Crippen LogP contribution in [0.4, 0.5) is 0 Å². The molecule has 19 heavy (non-hydrogen) atoms. The van der Waals surface area contributed by atoms with Crippen LogP contribution in [0.25, 0.3) is 11.3 Å². The number of nitrogens with two attached hydrogens (primary N) is 1. The molecule has 0 amide bonds. The van der Waals surface area contributed by atoms with Gasteiger partial charge in [-0.1, -0.05) is 19.1 Å². The van der Waals surface area contributed by atoms with Crippen LogP contribution >= 0.6 is 0 Å². The number of nitrogens with one attached hydrogen (secondary N) is 1. The molecule has 0 radical (unpaired) electrons. The number of hydrogen-bond donors (Lipinski definition) is 2. The molecular weight excluding hydrogens is 238 g/mol. The van der Waals surface area contributed by atoms with E-state index in [-0.39, 0.29) is 5.92 Å². The fourth-order valence-electron chi connectivity index (χ4n) is 2.25. The number of H-pyrrole nitrogens is 1. The third-order valence-corrected chi connectivity index (χ3v) is 3.43. The lowest BCUT2D eigenvalue weighted by molar-refractivity contribution is 0.416. The lowest BCUT2D eigenvalue weighted by Crippen LogP contribution is -2.12. The van der Waals surface area contributed by atoms with Gasteiger partial charge in [0.15, 0.2) is 0 Å². The van der Waals surface area contributed by atoms with E-state index in [0.29, 0.717) is 6.54 Å². The van der Waals surface area contributed by atoms with Gasteiger partial charge in [0.2, 0.25) is 0 Å². The van der Waals surface area contributed by atoms with Crippen molar-refractivity contribution in [3.8, 4) is 17.0 Å². The van der Waals surface area contributed by atoms with Gasteiger partial charge < -0.3 is 15.5 Å². The highest BCUT2D eigenvalue weighted by atomic mass is 16.5. The molecule has 0 aliphatic rings. The number of benzene rings is 1. The van der Waals surface area contributed by atoms with Crippen LogP contribution in [0.2, 0.25) is 0 Å². The van der Waals surface area contributed by atoms with E-state index in [1.807, 2.05) is 31.2 Å². The minimum atomic E-state index is 0.280. The van der Waals surface area contributed by atoms with E-state index in [9.17, 15) is 0 Å². The van der Waals surface area contributed by atoms with Crippen LogP contribution in [0, 0.1) is 6.92 Å². The first-order chi connectivity index (χ1) is 9.21. The molecule has 0 bridgehead atoms. The Kier molecular flexibility index (Phi) is 4.22. The molecule has 1 aromatic carbocycles. The van der Waals surface area contributed by atoms with E-state index in [1.165, 1.54) is 0 Å². The van der Waals surface area contributed by atoms with Gasteiger partial charge in [-0.25, -0.2) is 4.98 Å². The molecule has 0 saturated heterocycles. The fraction of sp³-hybridized carbons (Fsp3) is 0.400. The fourth-order valence-corrected chi connectivity index (χ4v) is 2.25. The Balaban J connectivity index is 2.45. The Bertz CT molecular complexity index is 544. The van der Waals surface area contributed by atoms with Crippen LogP contribution in [-0.4, -0.2) is 23.6 Å². The monoisotopic (exact) mass is 259 g/mol. The highest BCUT2D eigenvalue weighted by Gasteiger charge is 2.17. The third kappa shape index (κ3) is 2.63. The van der Waals surface area contributed by atoms with Gasteiger partial charge in [-0.15, -0.1) is 0 Å². The van der Waals surface area contributed by atoms with Crippen molar-refractivity contribution in [3.63, 3.8) is 0 Å². The lowest BCUT2D eigenvalue weighted by atomic mass is 10.1. The quantitative estimate of drug-likeness (QED) is 0.867. The molecule has 102 valence electrons. The van der Waals surface area contributed by atoms with Gasteiger partial charge >= 0.3 is 0 Å². The molecule has 1 aromatic heterocycles. The highest BCUT2D eigenvalue weighted by Crippen LogP contribution is 2.31. The van der Waals surface area contributed by atoms with E-state index >= 15 is 0 Å². The zero-order chi connectivity index (χ0) is 13.8. The zero-order valence-electron chi connectivity index (χ0n) is 11.7. The maximum Gasteiger partial charge on any atom is 0.128 e. The van der Waals surface area contributed by atoms with E-state index in [2.05, 4.69) is 11.9 Å². The van der Waals surface area contributed by atoms with Gasteiger partial charge in [0.05, 0.1) is 12.8 Å². The standard InChI is InChI=1S/C15H21N3O/c1-4-11(9-16)15-17-10(2)14(18-15)12-7-5-6-8-13(12)19-3/h5-8,11H,4,9,16H2,1-3H3,(H,17,18). The van der Waals surface area contributed by atoms with E-state index in [0.717, 1.165) is 34.9 Å². The summed E-state index contributed by atoms with van der Waals surface area (Å²) in [7, 11) is 1.68. The highest BCUT2D eigenvalue weighted by molar-refractivity contribution is 5.69. The smallest absolute Gasteiger partial charge is 0.128 e. The Morgan fingerprint density at radius 3 is 2.74 bits per heavy atom. The van der Waals surface area contributed by atoms with Crippen LogP contribution < -0.4 is 10.5 Å². The zero-order valence-corrected chi connectivity index (χ0v) is 11.7. The van der Waals surface area contributed by atoms with Gasteiger partial charge in [0, 0.05) is 23.7 Å². The topological polar surface area (TPSA) is 63.9 Å². The SMILES string of the molecule is CCC(CN)c1nc(-c2ccccc2OC)c(C)[nH]1. The third-order valence-electron chi connectivity index (χ3n) is 3.43. The second-order valence-electron chi connectivity index (χ2n) is 4.64. The minimum absolute atomic E-state index is 0.280. The molecule has 2 aromatic rings. The number of methoxy groups -OCH3 is 1. The van der Waals surface area contributed by atoms with E-state index in [1.54, 1.807) is 7.11 Å². The van der Waals surface area contributed by atoms with Crippen molar-refractivity contribution in [2.75, 3.05) is 13.7 Å². The van der Waals surface area contributed by atoms with Gasteiger partial charge in [-0.05, 0) is 25.5 Å². The van der Waals surface area contributed by atoms with Crippen LogP contribution in [0.15, 0.2) is 24.3 Å². The summed E-state index contributed by atoms with van der Waals surface area (Å²) in [5, 5.41) is 0. The second-order valence-corrected chi connectivity index (χ2v) is 4.64. The van der Waals surface area contributed by atoms with Gasteiger partial charge in [-0.2, -0.15) is 0 Å². The summed E-state index contributed by atoms with van der Waals surface area (Å²) in [5.74, 6) is 2.08. The molecule has 0 spiro atoms. The van der Waals surface area contributed by atoms with Crippen LogP contribution in [-0.2, 0) is 0 Å². The maximum atomic E-state index is 5.78. The lowest BCUT2D eigenvalue weighted by Gasteiger charge is -2.08. The Labute approximate surface area is 114 Å². The molecule has 1 atom stereocenters. The molecular formula is C15H21N3O. The van der Waals surface area contributed by atoms with Crippen molar-refractivity contribution >= 4 is 0 Å². The van der Waals surface area contributed by atoms with Crippen molar-refractivity contribution in [3.05, 3.63) is 35.8 Å². The first-order valence-electron chi connectivity index (χ1n) is 6.61. The molecule has 0 aliphatic carbocycles. The van der Waals surface area contributed by atoms with Crippen LogP contribution in [0.3, 0.4) is 0 Å². The molecule has 4 nitrogen and oxygen atoms in total. The van der Waals surface area contributed by atoms with Crippen molar-refractivity contribution in [2.45, 2.75) is 26.2 Å². The molecule has 0 saturated carbocycles. The number of imidazole rings is 1. The van der Waals surface area contributed by atoms with Crippen molar-refractivity contribution in [2.24, 2.45) is 5.73 Å². The molecule has 0 aliphatic heterocycles. The summed E-state index contributed by atoms with van der Waals surface area (Å²) in [6.07, 6.45) is 0.981. The number of aryl methyl sites for hydroxylation is 1. The van der Waals surface area contributed by atoms with Crippen molar-refractivity contribution in [1.29, 1.82) is 0 Å². The molecule has 1 unspecified atom stereocenters. The normalized spacial score (nSPS) is 12.4. The summed E-state index contributed by atoms with van der Waals surface area (Å²) < 4.78 is 5.40. The number of nitrogens with zero attached hydrogens (tertiary/aromatic N) is 1. The predicted octanol–water partition coefficient (Wildman–Crippen LogP) is 2.85. The van der Waals surface area contributed by atoms with E-state index < -0.39 is 0 Å². The Morgan fingerprint density at radius 1 is 1.37 bits per heavy atom. The van der Waals surface area contributed by atoms with Crippen LogP contribution in [0.5, 0.6) is 5.75 Å². The van der Waals surface area contributed by atoms with E-state index in [4.69, 9.17) is 15.5 Å². The first-order valence-corrected chi connectivity index (χ1v) is 6.61. The first kappa shape index (κ1) is 13.6. The minimum Gasteiger partial charge on any atom is -0.496 e. The summed E-state index contributed by atoms with van der Waals surface area (Å²) >= 11 is 0. The number of para-hydroxylation sites is 1. The van der Waals surface area contributed by atoms with Crippen LogP contribution in [0.1, 0.15) is 30.8 Å². The largest absolute Gasteiger partial charge is 0.496 e. The summed E-state index contributed by atoms with van der Waals surface area (Å²) in [6.45, 7) is 4.76. The average Bonchev–Trinajstić information content (AvgIpc) is 2.82. The molecule has 0 fully saturated rings. The second kappa shape index (κ2) is 5.89. The summed E-state index contributed by atoms with van der Waals surface area (Å²) in [6, 6.07) is 7.92. The Morgan fingerprint density at radius 2 is 2.11 bits per heavy atom. The predicted molar refractivity (Wildman–Crippen MR) is 77.4 cm³/mol. The molecule has 2 rings (SSSR count). The molecule has 3 N–H and O–H groups in total. The number of ether oxygens (including phenoxy) is 1.